The number of benzene rings is 2. The van der Waals surface area contributed by atoms with E-state index in [-0.39, 0.29) is 11.4 Å². The molecule has 1 atom stereocenters. The first kappa shape index (κ1) is 24.4. The SMILES string of the molecule is COC(=O)C(C)(C)c1ccc(C#Cc2cc(OC)c3c(c2)C(C)(C)CCC3NCC2CC2)cc1. The molecular formula is C30H37NO3. The van der Waals surface area contributed by atoms with E-state index in [2.05, 4.69) is 43.1 Å². The van der Waals surface area contributed by atoms with Crippen LogP contribution in [0.5, 0.6) is 5.75 Å². The quantitative estimate of drug-likeness (QED) is 0.447. The summed E-state index contributed by atoms with van der Waals surface area (Å²) in [6, 6.07) is 12.5. The molecule has 1 unspecified atom stereocenters. The minimum absolute atomic E-state index is 0.0825. The van der Waals surface area contributed by atoms with E-state index in [0.29, 0.717) is 6.04 Å². The van der Waals surface area contributed by atoms with Gasteiger partial charge < -0.3 is 14.8 Å². The highest BCUT2D eigenvalue weighted by atomic mass is 16.5. The van der Waals surface area contributed by atoms with Crippen molar-refractivity contribution in [1.29, 1.82) is 0 Å². The van der Waals surface area contributed by atoms with Crippen LogP contribution in [-0.2, 0) is 20.4 Å². The van der Waals surface area contributed by atoms with Gasteiger partial charge in [0.15, 0.2) is 0 Å². The zero-order valence-electron chi connectivity index (χ0n) is 21.4. The number of rotatable bonds is 6. The molecule has 0 spiro atoms. The van der Waals surface area contributed by atoms with Crippen molar-refractivity contribution in [2.24, 2.45) is 5.92 Å². The maximum absolute atomic E-state index is 12.1. The number of methoxy groups -OCH3 is 2. The third-order valence-corrected chi connectivity index (χ3v) is 7.50. The van der Waals surface area contributed by atoms with Crippen molar-refractivity contribution >= 4 is 5.97 Å². The Kier molecular flexibility index (Phi) is 6.78. The van der Waals surface area contributed by atoms with Gasteiger partial charge in [-0.2, -0.15) is 0 Å². The molecule has 180 valence electrons. The van der Waals surface area contributed by atoms with Crippen molar-refractivity contribution in [1.82, 2.24) is 5.32 Å². The first-order valence-electron chi connectivity index (χ1n) is 12.3. The van der Waals surface area contributed by atoms with Crippen LogP contribution in [0.15, 0.2) is 36.4 Å². The summed E-state index contributed by atoms with van der Waals surface area (Å²) in [6.45, 7) is 9.47. The first-order chi connectivity index (χ1) is 16.2. The fourth-order valence-electron chi connectivity index (χ4n) is 4.89. The Hall–Kier alpha value is -2.77. The summed E-state index contributed by atoms with van der Waals surface area (Å²) in [4.78, 5) is 12.1. The molecule has 2 aromatic rings. The maximum Gasteiger partial charge on any atom is 0.315 e. The van der Waals surface area contributed by atoms with Crippen molar-refractivity contribution in [2.45, 2.75) is 70.3 Å². The number of carbonyl (C=O) groups is 1. The summed E-state index contributed by atoms with van der Waals surface area (Å²) in [7, 11) is 3.18. The van der Waals surface area contributed by atoms with Crippen molar-refractivity contribution in [2.75, 3.05) is 20.8 Å². The Bertz CT molecular complexity index is 1110. The number of hydrogen-bond donors (Lipinski definition) is 1. The number of ether oxygens (including phenoxy) is 2. The van der Waals surface area contributed by atoms with Crippen LogP contribution in [-0.4, -0.2) is 26.7 Å². The van der Waals surface area contributed by atoms with Crippen LogP contribution in [0.25, 0.3) is 0 Å². The van der Waals surface area contributed by atoms with E-state index in [1.807, 2.05) is 38.1 Å². The van der Waals surface area contributed by atoms with Crippen molar-refractivity contribution < 1.29 is 14.3 Å². The van der Waals surface area contributed by atoms with E-state index in [4.69, 9.17) is 9.47 Å². The Balaban J connectivity index is 1.62. The van der Waals surface area contributed by atoms with Gasteiger partial charge in [0.1, 0.15) is 5.75 Å². The minimum Gasteiger partial charge on any atom is -0.496 e. The lowest BCUT2D eigenvalue weighted by molar-refractivity contribution is -0.146. The molecule has 0 heterocycles. The third kappa shape index (κ3) is 5.00. The lowest BCUT2D eigenvalue weighted by atomic mass is 9.70. The molecule has 4 heteroatoms. The molecular weight excluding hydrogens is 422 g/mol. The molecule has 2 aliphatic rings. The fourth-order valence-corrected chi connectivity index (χ4v) is 4.89. The highest BCUT2D eigenvalue weighted by molar-refractivity contribution is 5.82. The lowest BCUT2D eigenvalue weighted by Gasteiger charge is -2.38. The van der Waals surface area contributed by atoms with Crippen LogP contribution in [0, 0.1) is 17.8 Å². The molecule has 34 heavy (non-hydrogen) atoms. The topological polar surface area (TPSA) is 47.6 Å². The van der Waals surface area contributed by atoms with Gasteiger partial charge in [-0.3, -0.25) is 4.79 Å². The number of hydrogen-bond acceptors (Lipinski definition) is 4. The second-order valence-corrected chi connectivity index (χ2v) is 10.9. The highest BCUT2D eigenvalue weighted by Crippen LogP contribution is 2.46. The van der Waals surface area contributed by atoms with E-state index in [1.54, 1.807) is 7.11 Å². The van der Waals surface area contributed by atoms with Crippen LogP contribution >= 0.6 is 0 Å². The summed E-state index contributed by atoms with van der Waals surface area (Å²) < 4.78 is 10.8. The molecule has 1 N–H and O–H groups in total. The second-order valence-electron chi connectivity index (χ2n) is 10.9. The van der Waals surface area contributed by atoms with E-state index in [0.717, 1.165) is 47.7 Å². The Labute approximate surface area is 204 Å². The largest absolute Gasteiger partial charge is 0.496 e. The third-order valence-electron chi connectivity index (χ3n) is 7.50. The van der Waals surface area contributed by atoms with Crippen LogP contribution < -0.4 is 10.1 Å². The molecule has 0 amide bonds. The Morgan fingerprint density at radius 1 is 1.06 bits per heavy atom. The predicted octanol–water partition coefficient (Wildman–Crippen LogP) is 5.66. The molecule has 4 rings (SSSR count). The maximum atomic E-state index is 12.1. The standard InChI is InChI=1S/C30H37NO3/c1-29(2)16-15-25(31-19-21-8-9-21)27-24(29)17-22(18-26(27)33-5)10-7-20-11-13-23(14-12-20)30(3,4)28(32)34-6/h11-14,17-18,21,25,31H,8-9,15-16,19H2,1-6H3. The second kappa shape index (κ2) is 9.47. The molecule has 0 bridgehead atoms. The normalized spacial score (nSPS) is 18.9. The number of nitrogens with one attached hydrogen (secondary N) is 1. The van der Waals surface area contributed by atoms with Crippen LogP contribution in [0.3, 0.4) is 0 Å². The smallest absolute Gasteiger partial charge is 0.315 e. The van der Waals surface area contributed by atoms with E-state index in [9.17, 15) is 4.79 Å². The molecule has 4 nitrogen and oxygen atoms in total. The molecule has 0 radical (unpaired) electrons. The summed E-state index contributed by atoms with van der Waals surface area (Å²) in [5.41, 5.74) is 4.81. The number of fused-ring (bicyclic) bond motifs is 1. The predicted molar refractivity (Wildman–Crippen MR) is 136 cm³/mol. The van der Waals surface area contributed by atoms with E-state index < -0.39 is 5.41 Å². The molecule has 0 aliphatic heterocycles. The first-order valence-corrected chi connectivity index (χ1v) is 12.3. The molecule has 0 saturated heterocycles. The number of carbonyl (C=O) groups excluding carboxylic acids is 1. The lowest BCUT2D eigenvalue weighted by Crippen LogP contribution is -2.34. The summed E-state index contributed by atoms with van der Waals surface area (Å²) in [5, 5.41) is 3.81. The van der Waals surface area contributed by atoms with Gasteiger partial charge in [-0.25, -0.2) is 0 Å². The Morgan fingerprint density at radius 3 is 2.35 bits per heavy atom. The average Bonchev–Trinajstić information content (AvgIpc) is 3.66. The van der Waals surface area contributed by atoms with Crippen molar-refractivity contribution in [3.05, 3.63) is 64.2 Å². The zero-order valence-corrected chi connectivity index (χ0v) is 21.4. The van der Waals surface area contributed by atoms with Gasteiger partial charge in [-0.05, 0) is 92.8 Å². The monoisotopic (exact) mass is 459 g/mol. The fraction of sp³-hybridized carbons (Fsp3) is 0.500. The van der Waals surface area contributed by atoms with Gasteiger partial charge in [0.25, 0.3) is 0 Å². The Morgan fingerprint density at radius 2 is 1.74 bits per heavy atom. The van der Waals surface area contributed by atoms with Gasteiger partial charge in [0.05, 0.1) is 19.6 Å². The van der Waals surface area contributed by atoms with Gasteiger partial charge in [0, 0.05) is 22.7 Å². The van der Waals surface area contributed by atoms with Gasteiger partial charge in [0.2, 0.25) is 0 Å². The molecule has 1 fully saturated rings. The molecule has 0 aromatic heterocycles. The summed E-state index contributed by atoms with van der Waals surface area (Å²) >= 11 is 0. The van der Waals surface area contributed by atoms with Gasteiger partial charge in [-0.15, -0.1) is 0 Å². The average molecular weight is 460 g/mol. The summed E-state index contributed by atoms with van der Waals surface area (Å²) in [6.07, 6.45) is 4.97. The van der Waals surface area contributed by atoms with Crippen LogP contribution in [0.2, 0.25) is 0 Å². The molecule has 2 aliphatic carbocycles. The van der Waals surface area contributed by atoms with Crippen LogP contribution in [0.1, 0.15) is 87.2 Å². The van der Waals surface area contributed by atoms with Crippen molar-refractivity contribution in [3.8, 4) is 17.6 Å². The van der Waals surface area contributed by atoms with E-state index >= 15 is 0 Å². The molecule has 1 saturated carbocycles. The number of esters is 1. The van der Waals surface area contributed by atoms with E-state index in [1.165, 1.54) is 31.1 Å². The van der Waals surface area contributed by atoms with Crippen molar-refractivity contribution in [3.63, 3.8) is 0 Å². The van der Waals surface area contributed by atoms with Crippen LogP contribution in [0.4, 0.5) is 0 Å². The highest BCUT2D eigenvalue weighted by Gasteiger charge is 2.36. The minimum atomic E-state index is -0.692. The zero-order chi connectivity index (χ0) is 24.5. The van der Waals surface area contributed by atoms with Gasteiger partial charge >= 0.3 is 5.97 Å². The van der Waals surface area contributed by atoms with Gasteiger partial charge in [-0.1, -0.05) is 37.8 Å². The summed E-state index contributed by atoms with van der Waals surface area (Å²) in [5.74, 6) is 8.16. The molecule has 2 aromatic carbocycles.